The van der Waals surface area contributed by atoms with Gasteiger partial charge in [-0.05, 0) is 42.4 Å². The summed E-state index contributed by atoms with van der Waals surface area (Å²) >= 11 is 5.32. The lowest BCUT2D eigenvalue weighted by molar-refractivity contribution is 0.304. The van der Waals surface area contributed by atoms with E-state index in [9.17, 15) is 0 Å². The third kappa shape index (κ3) is 3.89. The summed E-state index contributed by atoms with van der Waals surface area (Å²) in [6.07, 6.45) is 1.75. The van der Waals surface area contributed by atoms with Crippen molar-refractivity contribution in [2.75, 3.05) is 25.1 Å². The van der Waals surface area contributed by atoms with Crippen LogP contribution in [0.15, 0.2) is 53.6 Å². The Morgan fingerprint density at radius 2 is 1.96 bits per heavy atom. The van der Waals surface area contributed by atoms with Crippen LogP contribution in [0.25, 0.3) is 11.4 Å². The number of nitrogens with zero attached hydrogens (tertiary/aromatic N) is 4. The quantitative estimate of drug-likeness (QED) is 0.518. The lowest BCUT2D eigenvalue weighted by atomic mass is 10.1. The van der Waals surface area contributed by atoms with Gasteiger partial charge in [-0.15, -0.1) is 0 Å². The largest absolute Gasteiger partial charge is 0.395 e. The van der Waals surface area contributed by atoms with Crippen molar-refractivity contribution < 1.29 is 5.11 Å². The van der Waals surface area contributed by atoms with Crippen LogP contribution in [0.2, 0.25) is 0 Å². The second-order valence-corrected chi connectivity index (χ2v) is 6.35. The van der Waals surface area contributed by atoms with E-state index in [-0.39, 0.29) is 6.61 Å². The Kier molecular flexibility index (Phi) is 5.60. The van der Waals surface area contributed by atoms with Gasteiger partial charge in [-0.3, -0.25) is 0 Å². The van der Waals surface area contributed by atoms with Gasteiger partial charge in [0.25, 0.3) is 0 Å². The number of aromatic nitrogens is 3. The number of hydrogen-bond acceptors (Lipinski definition) is 5. The Bertz CT molecular complexity index is 959. The van der Waals surface area contributed by atoms with E-state index in [0.717, 1.165) is 22.4 Å². The highest BCUT2D eigenvalue weighted by molar-refractivity contribution is 7.71. The van der Waals surface area contributed by atoms with Gasteiger partial charge in [0.2, 0.25) is 4.77 Å². The first kappa shape index (κ1) is 18.0. The van der Waals surface area contributed by atoms with E-state index < -0.39 is 0 Å². The molecule has 0 unspecified atom stereocenters. The van der Waals surface area contributed by atoms with Gasteiger partial charge in [-0.2, -0.15) is 14.9 Å². The Hall–Kier alpha value is -2.77. The monoisotopic (exact) mass is 367 g/mol. The Labute approximate surface area is 157 Å². The lowest BCUT2D eigenvalue weighted by Gasteiger charge is -2.17. The van der Waals surface area contributed by atoms with Crippen molar-refractivity contribution in [3.63, 3.8) is 0 Å². The molecule has 2 N–H and O–H groups in total. The minimum atomic E-state index is 0.125. The van der Waals surface area contributed by atoms with E-state index >= 15 is 0 Å². The summed E-state index contributed by atoms with van der Waals surface area (Å²) in [5, 5.41) is 20.7. The minimum absolute atomic E-state index is 0.125. The number of aliphatic hydroxyl groups excluding tert-OH is 1. The molecule has 6 nitrogen and oxygen atoms in total. The van der Waals surface area contributed by atoms with Crippen LogP contribution in [0.4, 0.5) is 5.69 Å². The van der Waals surface area contributed by atoms with Gasteiger partial charge in [0.15, 0.2) is 5.82 Å². The van der Waals surface area contributed by atoms with Crippen molar-refractivity contribution in [3.8, 4) is 11.4 Å². The number of aryl methyl sites for hydroxylation is 1. The lowest BCUT2D eigenvalue weighted by Crippen LogP contribution is -2.20. The Morgan fingerprint density at radius 1 is 1.23 bits per heavy atom. The average molecular weight is 367 g/mol. The number of hydrogen-bond donors (Lipinski definition) is 2. The zero-order chi connectivity index (χ0) is 18.5. The molecule has 2 aromatic carbocycles. The first-order valence-electron chi connectivity index (χ1n) is 8.30. The van der Waals surface area contributed by atoms with Crippen molar-refractivity contribution in [1.29, 1.82) is 0 Å². The van der Waals surface area contributed by atoms with Gasteiger partial charge in [-0.1, -0.05) is 36.4 Å². The molecule has 0 aliphatic rings. The van der Waals surface area contributed by atoms with Crippen LogP contribution in [-0.4, -0.2) is 46.4 Å². The van der Waals surface area contributed by atoms with E-state index in [4.69, 9.17) is 17.3 Å². The molecule has 0 saturated carbocycles. The highest BCUT2D eigenvalue weighted by Gasteiger charge is 2.10. The molecule has 0 bridgehead atoms. The van der Waals surface area contributed by atoms with Gasteiger partial charge in [0.05, 0.1) is 12.8 Å². The summed E-state index contributed by atoms with van der Waals surface area (Å²) < 4.78 is 2.07. The smallest absolute Gasteiger partial charge is 0.216 e. The Morgan fingerprint density at radius 3 is 2.65 bits per heavy atom. The molecule has 0 spiro atoms. The number of anilines is 1. The van der Waals surface area contributed by atoms with Gasteiger partial charge in [-0.25, -0.2) is 5.10 Å². The predicted molar refractivity (Wildman–Crippen MR) is 107 cm³/mol. The van der Waals surface area contributed by atoms with Crippen molar-refractivity contribution in [1.82, 2.24) is 14.9 Å². The van der Waals surface area contributed by atoms with Crippen molar-refractivity contribution in [2.45, 2.75) is 6.92 Å². The summed E-state index contributed by atoms with van der Waals surface area (Å²) in [4.78, 5) is 1.99. The molecule has 3 aromatic rings. The molecule has 26 heavy (non-hydrogen) atoms. The molecule has 0 aliphatic carbocycles. The molecule has 7 heteroatoms. The zero-order valence-electron chi connectivity index (χ0n) is 14.8. The molecule has 134 valence electrons. The summed E-state index contributed by atoms with van der Waals surface area (Å²) in [7, 11) is 1.94. The SMILES string of the molecule is Cc1ccccc1-c1n[nH]c(=S)n1N=Cc1ccc(N(C)CCO)cc1. The predicted octanol–water partition coefficient (Wildman–Crippen LogP) is 3.23. The number of benzene rings is 2. The van der Waals surface area contributed by atoms with E-state index in [2.05, 4.69) is 15.3 Å². The van der Waals surface area contributed by atoms with Crippen LogP contribution in [0, 0.1) is 11.7 Å². The summed E-state index contributed by atoms with van der Waals surface area (Å²) in [5.74, 6) is 0.684. The van der Waals surface area contributed by atoms with Crippen LogP contribution in [0.1, 0.15) is 11.1 Å². The molecular formula is C19H21N5OS. The summed E-state index contributed by atoms with van der Waals surface area (Å²) in [6, 6.07) is 15.9. The van der Waals surface area contributed by atoms with Crippen molar-refractivity contribution in [3.05, 3.63) is 64.4 Å². The van der Waals surface area contributed by atoms with E-state index in [1.54, 1.807) is 10.9 Å². The number of H-pyrrole nitrogens is 1. The van der Waals surface area contributed by atoms with Gasteiger partial charge < -0.3 is 10.0 Å². The number of likely N-dealkylation sites (N-methyl/N-ethyl adjacent to an activating group) is 1. The van der Waals surface area contributed by atoms with E-state index in [0.29, 0.717) is 17.1 Å². The van der Waals surface area contributed by atoms with Crippen molar-refractivity contribution in [2.24, 2.45) is 5.10 Å². The summed E-state index contributed by atoms with van der Waals surface area (Å²) in [6.45, 7) is 2.75. The van der Waals surface area contributed by atoms with Crippen LogP contribution < -0.4 is 4.90 Å². The van der Waals surface area contributed by atoms with E-state index in [1.165, 1.54) is 0 Å². The molecule has 0 atom stereocenters. The number of aliphatic hydroxyl groups is 1. The standard InChI is InChI=1S/C19H21N5OS/c1-14-5-3-4-6-17(14)18-21-22-19(26)24(18)20-13-15-7-9-16(10-8-15)23(2)11-12-25/h3-10,13,25H,11-12H2,1-2H3,(H,22,26). The first-order valence-corrected chi connectivity index (χ1v) is 8.71. The van der Waals surface area contributed by atoms with Crippen LogP contribution in [-0.2, 0) is 0 Å². The fourth-order valence-electron chi connectivity index (χ4n) is 2.62. The number of nitrogens with one attached hydrogen (secondary N) is 1. The molecule has 0 fully saturated rings. The molecule has 1 heterocycles. The molecule has 0 radical (unpaired) electrons. The maximum Gasteiger partial charge on any atom is 0.216 e. The number of aromatic amines is 1. The topological polar surface area (TPSA) is 69.4 Å². The summed E-state index contributed by atoms with van der Waals surface area (Å²) in [5.41, 5.74) is 4.08. The highest BCUT2D eigenvalue weighted by atomic mass is 32.1. The second kappa shape index (κ2) is 8.07. The second-order valence-electron chi connectivity index (χ2n) is 5.96. The van der Waals surface area contributed by atoms with Gasteiger partial charge in [0.1, 0.15) is 0 Å². The fourth-order valence-corrected chi connectivity index (χ4v) is 2.79. The van der Waals surface area contributed by atoms with Gasteiger partial charge >= 0.3 is 0 Å². The zero-order valence-corrected chi connectivity index (χ0v) is 15.6. The normalized spacial score (nSPS) is 11.2. The van der Waals surface area contributed by atoms with Gasteiger partial charge in [0, 0.05) is 24.8 Å². The first-order chi connectivity index (χ1) is 12.6. The third-order valence-corrected chi connectivity index (χ3v) is 4.39. The molecule has 0 saturated heterocycles. The minimum Gasteiger partial charge on any atom is -0.395 e. The maximum absolute atomic E-state index is 9.02. The molecule has 0 aliphatic heterocycles. The molecule has 1 aromatic heterocycles. The Balaban J connectivity index is 1.87. The van der Waals surface area contributed by atoms with E-state index in [1.807, 2.05) is 67.4 Å². The molecule has 3 rings (SSSR count). The average Bonchev–Trinajstić information content (AvgIpc) is 3.01. The third-order valence-electron chi connectivity index (χ3n) is 4.13. The number of rotatable bonds is 6. The maximum atomic E-state index is 9.02. The van der Waals surface area contributed by atoms with Crippen LogP contribution in [0.3, 0.4) is 0 Å². The van der Waals surface area contributed by atoms with Crippen LogP contribution in [0.5, 0.6) is 0 Å². The molecule has 0 amide bonds. The molecular weight excluding hydrogens is 346 g/mol. The highest BCUT2D eigenvalue weighted by Crippen LogP contribution is 2.21. The van der Waals surface area contributed by atoms with Crippen LogP contribution >= 0.6 is 12.2 Å². The fraction of sp³-hybridized carbons (Fsp3) is 0.211. The van der Waals surface area contributed by atoms with Crippen molar-refractivity contribution >= 4 is 24.1 Å².